The largest absolute Gasteiger partial charge is 0.341 e. The molecule has 0 aromatic heterocycles. The van der Waals surface area contributed by atoms with Crippen LogP contribution in [0.25, 0.3) is 0 Å². The monoisotopic (exact) mass is 233 g/mol. The molecule has 0 aliphatic carbocycles. The number of nitrogens with zero attached hydrogens (tertiary/aromatic N) is 1. The van der Waals surface area contributed by atoms with E-state index in [-0.39, 0.29) is 11.9 Å². The lowest BCUT2D eigenvalue weighted by atomic mass is 10.2. The Morgan fingerprint density at radius 2 is 1.88 bits per heavy atom. The van der Waals surface area contributed by atoms with Gasteiger partial charge in [-0.15, -0.1) is 0 Å². The van der Waals surface area contributed by atoms with Crippen LogP contribution >= 0.6 is 0 Å². The summed E-state index contributed by atoms with van der Waals surface area (Å²) in [5.41, 5.74) is 1.39. The highest BCUT2D eigenvalue weighted by molar-refractivity contribution is 5.99. The van der Waals surface area contributed by atoms with Crippen molar-refractivity contribution in [3.63, 3.8) is 0 Å². The number of anilines is 2. The van der Waals surface area contributed by atoms with Crippen molar-refractivity contribution in [1.29, 1.82) is 0 Å². The zero-order chi connectivity index (χ0) is 12.8. The Balaban J connectivity index is 2.77. The smallest absolute Gasteiger partial charge is 0.321 e. The van der Waals surface area contributed by atoms with Crippen molar-refractivity contribution in [1.82, 2.24) is 5.32 Å². The van der Waals surface area contributed by atoms with E-state index in [4.69, 9.17) is 0 Å². The van der Waals surface area contributed by atoms with Crippen LogP contribution in [0.2, 0.25) is 0 Å². The minimum atomic E-state index is -0.266. The predicted octanol–water partition coefficient (Wildman–Crippen LogP) is 1.59. The van der Waals surface area contributed by atoms with Crippen molar-refractivity contribution >= 4 is 23.3 Å². The first-order chi connectivity index (χ1) is 8.08. The van der Waals surface area contributed by atoms with E-state index >= 15 is 0 Å². The Labute approximate surface area is 100 Å². The molecule has 1 rings (SSSR count). The molecule has 0 spiro atoms. The molecule has 1 aromatic rings. The van der Waals surface area contributed by atoms with Gasteiger partial charge in [0.05, 0.1) is 0 Å². The van der Waals surface area contributed by atoms with Gasteiger partial charge in [0.15, 0.2) is 0 Å². The molecular formula is C12H15N3O2. The summed E-state index contributed by atoms with van der Waals surface area (Å²) in [6.45, 7) is 3.36. The van der Waals surface area contributed by atoms with Crippen LogP contribution in [0.5, 0.6) is 0 Å². The van der Waals surface area contributed by atoms with E-state index in [0.29, 0.717) is 5.69 Å². The van der Waals surface area contributed by atoms with Gasteiger partial charge in [-0.25, -0.2) is 4.79 Å². The van der Waals surface area contributed by atoms with Crippen molar-refractivity contribution < 1.29 is 9.59 Å². The average Bonchev–Trinajstić information content (AvgIpc) is 2.37. The number of rotatable bonds is 3. The van der Waals surface area contributed by atoms with Gasteiger partial charge in [0.2, 0.25) is 5.91 Å². The molecule has 0 bridgehead atoms. The van der Waals surface area contributed by atoms with E-state index < -0.39 is 0 Å². The Morgan fingerprint density at radius 1 is 1.29 bits per heavy atom. The molecule has 2 N–H and O–H groups in total. The van der Waals surface area contributed by atoms with Crippen molar-refractivity contribution in [2.45, 2.75) is 0 Å². The molecule has 5 nitrogen and oxygen atoms in total. The van der Waals surface area contributed by atoms with Crippen LogP contribution in [0, 0.1) is 0 Å². The van der Waals surface area contributed by atoms with Gasteiger partial charge in [-0.1, -0.05) is 6.58 Å². The van der Waals surface area contributed by atoms with Crippen LogP contribution in [0.1, 0.15) is 0 Å². The van der Waals surface area contributed by atoms with Crippen LogP contribution in [0.3, 0.4) is 0 Å². The summed E-state index contributed by atoms with van der Waals surface area (Å²) in [5.74, 6) is -0.266. The second-order valence-corrected chi connectivity index (χ2v) is 3.35. The van der Waals surface area contributed by atoms with Gasteiger partial charge in [-0.2, -0.15) is 0 Å². The molecule has 0 saturated carbocycles. The van der Waals surface area contributed by atoms with Gasteiger partial charge in [0, 0.05) is 25.5 Å². The topological polar surface area (TPSA) is 61.4 Å². The predicted molar refractivity (Wildman–Crippen MR) is 68.1 cm³/mol. The lowest BCUT2D eigenvalue weighted by Gasteiger charge is -2.16. The number of carbonyl (C=O) groups excluding carboxylic acids is 2. The molecule has 90 valence electrons. The number of hydrogen-bond acceptors (Lipinski definition) is 2. The first-order valence-corrected chi connectivity index (χ1v) is 5.07. The summed E-state index contributed by atoms with van der Waals surface area (Å²) >= 11 is 0. The van der Waals surface area contributed by atoms with E-state index in [1.54, 1.807) is 38.4 Å². The first kappa shape index (κ1) is 12.8. The molecule has 0 radical (unpaired) electrons. The van der Waals surface area contributed by atoms with Crippen LogP contribution in [0.4, 0.5) is 16.2 Å². The third-order valence-electron chi connectivity index (χ3n) is 2.23. The number of hydrogen-bond donors (Lipinski definition) is 2. The Hall–Kier alpha value is -2.30. The maximum atomic E-state index is 11.4. The molecule has 0 aliphatic rings. The summed E-state index contributed by atoms with van der Waals surface area (Å²) in [7, 11) is 3.23. The fraction of sp³-hybridized carbons (Fsp3) is 0.167. The quantitative estimate of drug-likeness (QED) is 0.779. The number of nitrogens with one attached hydrogen (secondary N) is 2. The Kier molecular flexibility index (Phi) is 4.28. The maximum absolute atomic E-state index is 11.4. The van der Waals surface area contributed by atoms with Crippen LogP contribution in [0.15, 0.2) is 36.9 Å². The van der Waals surface area contributed by atoms with Gasteiger partial charge >= 0.3 is 6.03 Å². The van der Waals surface area contributed by atoms with Crippen molar-refractivity contribution in [2.75, 3.05) is 24.3 Å². The second kappa shape index (κ2) is 5.69. The van der Waals surface area contributed by atoms with Gasteiger partial charge in [-0.05, 0) is 30.3 Å². The van der Waals surface area contributed by atoms with E-state index in [1.165, 1.54) is 11.0 Å². The maximum Gasteiger partial charge on any atom is 0.321 e. The summed E-state index contributed by atoms with van der Waals surface area (Å²) in [4.78, 5) is 23.9. The minimum absolute atomic E-state index is 0.201. The SMILES string of the molecule is C=CC(=O)Nc1ccc(N(C)C(=O)NC)cc1. The molecule has 1 aromatic carbocycles. The van der Waals surface area contributed by atoms with E-state index in [2.05, 4.69) is 17.2 Å². The highest BCUT2D eigenvalue weighted by atomic mass is 16.2. The van der Waals surface area contributed by atoms with Crippen molar-refractivity contribution in [3.05, 3.63) is 36.9 Å². The number of urea groups is 1. The fourth-order valence-corrected chi connectivity index (χ4v) is 1.25. The van der Waals surface area contributed by atoms with Crippen LogP contribution in [-0.2, 0) is 4.79 Å². The second-order valence-electron chi connectivity index (χ2n) is 3.35. The summed E-state index contributed by atoms with van der Waals surface area (Å²) < 4.78 is 0. The molecule has 0 heterocycles. The molecule has 0 unspecified atom stereocenters. The number of benzene rings is 1. The summed E-state index contributed by atoms with van der Waals surface area (Å²) in [5, 5.41) is 5.15. The molecule has 0 atom stereocenters. The third-order valence-corrected chi connectivity index (χ3v) is 2.23. The molecule has 17 heavy (non-hydrogen) atoms. The number of carbonyl (C=O) groups is 2. The van der Waals surface area contributed by atoms with Crippen molar-refractivity contribution in [3.8, 4) is 0 Å². The zero-order valence-electron chi connectivity index (χ0n) is 9.86. The fourth-order valence-electron chi connectivity index (χ4n) is 1.25. The van der Waals surface area contributed by atoms with Crippen LogP contribution < -0.4 is 15.5 Å². The molecule has 3 amide bonds. The Morgan fingerprint density at radius 3 is 2.35 bits per heavy atom. The van der Waals surface area contributed by atoms with E-state index in [9.17, 15) is 9.59 Å². The molecule has 5 heteroatoms. The van der Waals surface area contributed by atoms with Crippen molar-refractivity contribution in [2.24, 2.45) is 0 Å². The standard InChI is InChI=1S/C12H15N3O2/c1-4-11(16)14-9-5-7-10(8-6-9)15(3)12(17)13-2/h4-8H,1H2,2-3H3,(H,13,17)(H,14,16). The van der Waals surface area contributed by atoms with Gasteiger partial charge in [-0.3, -0.25) is 9.69 Å². The molecular weight excluding hydrogens is 218 g/mol. The average molecular weight is 233 g/mol. The third kappa shape index (κ3) is 3.34. The Bertz CT molecular complexity index is 426. The molecule has 0 saturated heterocycles. The van der Waals surface area contributed by atoms with E-state index in [1.807, 2.05) is 0 Å². The lowest BCUT2D eigenvalue weighted by Crippen LogP contribution is -2.34. The lowest BCUT2D eigenvalue weighted by molar-refractivity contribution is -0.111. The first-order valence-electron chi connectivity index (χ1n) is 5.07. The summed E-state index contributed by atoms with van der Waals surface area (Å²) in [6.07, 6.45) is 1.20. The zero-order valence-corrected chi connectivity index (χ0v) is 9.86. The highest BCUT2D eigenvalue weighted by Crippen LogP contribution is 2.16. The normalized spacial score (nSPS) is 9.29. The molecule has 0 fully saturated rings. The highest BCUT2D eigenvalue weighted by Gasteiger charge is 2.08. The van der Waals surface area contributed by atoms with Gasteiger partial charge in [0.25, 0.3) is 0 Å². The minimum Gasteiger partial charge on any atom is -0.341 e. The van der Waals surface area contributed by atoms with Gasteiger partial charge in [0.1, 0.15) is 0 Å². The summed E-state index contributed by atoms with van der Waals surface area (Å²) in [6, 6.07) is 6.72. The van der Waals surface area contributed by atoms with E-state index in [0.717, 1.165) is 5.69 Å². The number of amides is 3. The van der Waals surface area contributed by atoms with Gasteiger partial charge < -0.3 is 10.6 Å². The van der Waals surface area contributed by atoms with Crippen LogP contribution in [-0.4, -0.2) is 26.0 Å². The molecule has 0 aliphatic heterocycles.